The second kappa shape index (κ2) is 4.82. The van der Waals surface area contributed by atoms with Gasteiger partial charge in [-0.05, 0) is 43.9 Å². The molecule has 0 atom stereocenters. The van der Waals surface area contributed by atoms with Gasteiger partial charge in [0.15, 0.2) is 0 Å². The minimum atomic E-state index is -3.99. The Balaban J connectivity index is 2.32. The molecular weight excluding hydrogens is 267 g/mol. The first-order valence-electron chi connectivity index (χ1n) is 5.38. The summed E-state index contributed by atoms with van der Waals surface area (Å²) in [5.74, 6) is -0.517. The number of benzene rings is 1. The van der Waals surface area contributed by atoms with Crippen molar-refractivity contribution < 1.29 is 17.5 Å². The summed E-state index contributed by atoms with van der Waals surface area (Å²) in [4.78, 5) is -0.300. The molecule has 94 valence electrons. The van der Waals surface area contributed by atoms with Crippen LogP contribution in [0.15, 0.2) is 23.1 Å². The lowest BCUT2D eigenvalue weighted by molar-refractivity contribution is 0.204. The van der Waals surface area contributed by atoms with Crippen molar-refractivity contribution in [2.75, 3.05) is 0 Å². The van der Waals surface area contributed by atoms with E-state index in [1.54, 1.807) is 0 Å². The lowest BCUT2D eigenvalue weighted by Gasteiger charge is -2.15. The van der Waals surface area contributed by atoms with Crippen molar-refractivity contribution in [2.45, 2.75) is 36.7 Å². The van der Waals surface area contributed by atoms with Crippen LogP contribution in [-0.2, 0) is 9.05 Å². The molecule has 0 aliphatic heterocycles. The monoisotopic (exact) mass is 278 g/mol. The summed E-state index contributed by atoms with van der Waals surface area (Å²) >= 11 is 0. The smallest absolute Gasteiger partial charge is 0.265 e. The first kappa shape index (κ1) is 12.6. The molecule has 0 amide bonds. The lowest BCUT2D eigenvalue weighted by Crippen LogP contribution is -2.12. The highest BCUT2D eigenvalue weighted by Crippen LogP contribution is 2.31. The van der Waals surface area contributed by atoms with Gasteiger partial charge in [-0.2, -0.15) is 0 Å². The Morgan fingerprint density at radius 1 is 1.29 bits per heavy atom. The minimum absolute atomic E-state index is 0.00220. The van der Waals surface area contributed by atoms with Gasteiger partial charge in [-0.1, -0.05) is 0 Å². The summed E-state index contributed by atoms with van der Waals surface area (Å²) in [5.41, 5.74) is 0. The van der Waals surface area contributed by atoms with Crippen LogP contribution in [0.3, 0.4) is 0 Å². The molecule has 3 nitrogen and oxygen atoms in total. The number of halogens is 2. The number of hydrogen-bond acceptors (Lipinski definition) is 3. The summed E-state index contributed by atoms with van der Waals surface area (Å²) in [6.45, 7) is 0. The fourth-order valence-electron chi connectivity index (χ4n) is 1.96. The molecule has 17 heavy (non-hydrogen) atoms. The zero-order valence-corrected chi connectivity index (χ0v) is 10.6. The van der Waals surface area contributed by atoms with Crippen LogP contribution in [0.5, 0.6) is 5.75 Å². The molecule has 6 heteroatoms. The van der Waals surface area contributed by atoms with E-state index in [1.165, 1.54) is 6.07 Å². The van der Waals surface area contributed by atoms with Crippen LogP contribution < -0.4 is 4.74 Å². The van der Waals surface area contributed by atoms with E-state index in [2.05, 4.69) is 0 Å². The van der Waals surface area contributed by atoms with Gasteiger partial charge < -0.3 is 4.74 Å². The van der Waals surface area contributed by atoms with Crippen LogP contribution in [0.25, 0.3) is 0 Å². The van der Waals surface area contributed by atoms with Crippen LogP contribution in [0, 0.1) is 5.82 Å². The Hall–Kier alpha value is -0.810. The average molecular weight is 279 g/mol. The van der Waals surface area contributed by atoms with E-state index in [0.29, 0.717) is 0 Å². The summed E-state index contributed by atoms with van der Waals surface area (Å²) in [5, 5.41) is 0. The Bertz CT molecular complexity index is 509. The summed E-state index contributed by atoms with van der Waals surface area (Å²) in [7, 11) is 1.26. The first-order chi connectivity index (χ1) is 7.97. The highest BCUT2D eigenvalue weighted by Gasteiger charge is 2.22. The molecule has 0 heterocycles. The standard InChI is InChI=1S/C11H12ClFO3S/c12-17(14,15)11-7-8(13)5-6-10(11)16-9-3-1-2-4-9/h5-7,9H,1-4H2. The molecule has 0 radical (unpaired) electrons. The number of hydrogen-bond donors (Lipinski definition) is 0. The molecule has 1 aliphatic rings. The molecule has 1 saturated carbocycles. The molecule has 1 aliphatic carbocycles. The van der Waals surface area contributed by atoms with Crippen molar-refractivity contribution in [1.29, 1.82) is 0 Å². The quantitative estimate of drug-likeness (QED) is 0.798. The molecule has 0 unspecified atom stereocenters. The van der Waals surface area contributed by atoms with Gasteiger partial charge in [0, 0.05) is 10.7 Å². The van der Waals surface area contributed by atoms with Gasteiger partial charge in [0.25, 0.3) is 9.05 Å². The van der Waals surface area contributed by atoms with E-state index < -0.39 is 14.9 Å². The molecule has 1 fully saturated rings. The normalized spacial score (nSPS) is 17.3. The Morgan fingerprint density at radius 3 is 2.53 bits per heavy atom. The van der Waals surface area contributed by atoms with E-state index in [4.69, 9.17) is 15.4 Å². The van der Waals surface area contributed by atoms with Gasteiger partial charge in [-0.25, -0.2) is 12.8 Å². The third-order valence-corrected chi connectivity index (χ3v) is 4.11. The van der Waals surface area contributed by atoms with E-state index in [0.717, 1.165) is 37.8 Å². The van der Waals surface area contributed by atoms with E-state index in [-0.39, 0.29) is 16.7 Å². The summed E-state index contributed by atoms with van der Waals surface area (Å²) < 4.78 is 41.2. The second-order valence-electron chi connectivity index (χ2n) is 4.05. The van der Waals surface area contributed by atoms with Crippen LogP contribution in [-0.4, -0.2) is 14.5 Å². The first-order valence-corrected chi connectivity index (χ1v) is 7.68. The van der Waals surface area contributed by atoms with Gasteiger partial charge in [0.1, 0.15) is 16.5 Å². The van der Waals surface area contributed by atoms with E-state index in [9.17, 15) is 12.8 Å². The van der Waals surface area contributed by atoms with Crippen LogP contribution in [0.1, 0.15) is 25.7 Å². The zero-order chi connectivity index (χ0) is 12.5. The maximum absolute atomic E-state index is 13.0. The van der Waals surface area contributed by atoms with Gasteiger partial charge >= 0.3 is 0 Å². The van der Waals surface area contributed by atoms with Crippen molar-refractivity contribution >= 4 is 19.7 Å². The molecule has 2 rings (SSSR count). The molecule has 0 saturated heterocycles. The fourth-order valence-corrected chi connectivity index (χ4v) is 2.93. The Morgan fingerprint density at radius 2 is 1.94 bits per heavy atom. The van der Waals surface area contributed by atoms with Crippen molar-refractivity contribution in [3.8, 4) is 5.75 Å². The molecule has 0 spiro atoms. The van der Waals surface area contributed by atoms with Crippen molar-refractivity contribution in [3.05, 3.63) is 24.0 Å². The fraction of sp³-hybridized carbons (Fsp3) is 0.455. The minimum Gasteiger partial charge on any atom is -0.489 e. The van der Waals surface area contributed by atoms with Gasteiger partial charge in [0.05, 0.1) is 6.10 Å². The topological polar surface area (TPSA) is 43.4 Å². The largest absolute Gasteiger partial charge is 0.489 e. The molecule has 1 aromatic carbocycles. The summed E-state index contributed by atoms with van der Waals surface area (Å²) in [6.07, 6.45) is 3.90. The van der Waals surface area contributed by atoms with E-state index >= 15 is 0 Å². The highest BCUT2D eigenvalue weighted by molar-refractivity contribution is 8.13. The molecular formula is C11H12ClFO3S. The molecule has 0 bridgehead atoms. The third-order valence-electron chi connectivity index (χ3n) is 2.76. The Kier molecular flexibility index (Phi) is 3.58. The second-order valence-corrected chi connectivity index (χ2v) is 6.59. The molecule has 0 N–H and O–H groups in total. The SMILES string of the molecule is O=S(=O)(Cl)c1cc(F)ccc1OC1CCCC1. The Labute approximate surface area is 104 Å². The average Bonchev–Trinajstić information content (AvgIpc) is 2.72. The van der Waals surface area contributed by atoms with Crippen LogP contribution in [0.4, 0.5) is 4.39 Å². The predicted octanol–water partition coefficient (Wildman–Crippen LogP) is 3.07. The van der Waals surface area contributed by atoms with Gasteiger partial charge in [0.2, 0.25) is 0 Å². The predicted molar refractivity (Wildman–Crippen MR) is 62.3 cm³/mol. The van der Waals surface area contributed by atoms with Crippen molar-refractivity contribution in [1.82, 2.24) is 0 Å². The zero-order valence-electron chi connectivity index (χ0n) is 9.03. The van der Waals surface area contributed by atoms with E-state index in [1.807, 2.05) is 0 Å². The number of rotatable bonds is 3. The lowest BCUT2D eigenvalue weighted by atomic mass is 10.3. The molecule has 1 aromatic rings. The molecule has 0 aromatic heterocycles. The highest BCUT2D eigenvalue weighted by atomic mass is 35.7. The van der Waals surface area contributed by atoms with Crippen molar-refractivity contribution in [2.24, 2.45) is 0 Å². The third kappa shape index (κ3) is 3.10. The van der Waals surface area contributed by atoms with Crippen LogP contribution >= 0.6 is 10.7 Å². The van der Waals surface area contributed by atoms with Crippen LogP contribution in [0.2, 0.25) is 0 Å². The maximum atomic E-state index is 13.0. The number of ether oxygens (including phenoxy) is 1. The van der Waals surface area contributed by atoms with Gasteiger partial charge in [-0.3, -0.25) is 0 Å². The summed E-state index contributed by atoms with van der Waals surface area (Å²) in [6, 6.07) is 3.35. The van der Waals surface area contributed by atoms with Crippen molar-refractivity contribution in [3.63, 3.8) is 0 Å². The maximum Gasteiger partial charge on any atom is 0.265 e. The van der Waals surface area contributed by atoms with Gasteiger partial charge in [-0.15, -0.1) is 0 Å².